The van der Waals surface area contributed by atoms with Crippen molar-refractivity contribution in [3.8, 4) is 0 Å². The standard InChI is InChI=1S/C2H6O4S/c1-5-7(3,4)6-2/h1-2H3/i1D2,2D2. The smallest absolute Gasteiger partial charge is 0.252 e. The van der Waals surface area contributed by atoms with Crippen LogP contribution in [0.5, 0.6) is 0 Å². The Kier molecular flexibility index (Phi) is 0.780. The quantitative estimate of drug-likeness (QED) is 0.506. The van der Waals surface area contributed by atoms with E-state index in [-0.39, 0.29) is 0 Å². The molecule has 4 nitrogen and oxygen atoms in total. The van der Waals surface area contributed by atoms with Crippen molar-refractivity contribution in [1.82, 2.24) is 0 Å². The van der Waals surface area contributed by atoms with E-state index in [9.17, 15) is 8.42 Å². The van der Waals surface area contributed by atoms with Gasteiger partial charge in [0.25, 0.3) is 0 Å². The Bertz CT molecular complexity index is 182. The summed E-state index contributed by atoms with van der Waals surface area (Å²) in [6.45, 7) is 0. The predicted molar refractivity (Wildman–Crippen MR) is 22.9 cm³/mol. The first kappa shape index (κ1) is 2.43. The fourth-order valence-electron chi connectivity index (χ4n) is 0.0227. The van der Waals surface area contributed by atoms with Gasteiger partial charge in [0, 0.05) is 0 Å². The normalized spacial score (nSPS) is 20.9. The zero-order valence-corrected chi connectivity index (χ0v) is 4.01. The van der Waals surface area contributed by atoms with E-state index in [1.54, 1.807) is 0 Å². The van der Waals surface area contributed by atoms with Gasteiger partial charge in [0.1, 0.15) is 0 Å². The van der Waals surface area contributed by atoms with Crippen molar-refractivity contribution in [2.75, 3.05) is 14.1 Å². The molecule has 44 valence electrons. The van der Waals surface area contributed by atoms with Gasteiger partial charge in [-0.1, -0.05) is 0 Å². The van der Waals surface area contributed by atoms with Crippen molar-refractivity contribution in [1.29, 1.82) is 0 Å². The van der Waals surface area contributed by atoms with Gasteiger partial charge < -0.3 is 0 Å². The Morgan fingerprint density at radius 1 is 1.43 bits per heavy atom. The van der Waals surface area contributed by atoms with Gasteiger partial charge in [-0.15, -0.1) is 0 Å². The lowest BCUT2D eigenvalue weighted by Crippen LogP contribution is -2.02. The molecule has 0 spiro atoms. The van der Waals surface area contributed by atoms with Gasteiger partial charge >= 0.3 is 10.4 Å². The molecule has 7 heavy (non-hydrogen) atoms. The highest BCUT2D eigenvalue weighted by atomic mass is 32.3. The maximum absolute atomic E-state index is 10.3. The molecule has 0 fully saturated rings. The molecule has 0 aromatic heterocycles. The molecule has 0 aromatic carbocycles. The van der Waals surface area contributed by atoms with Crippen LogP contribution in [0.3, 0.4) is 0 Å². The minimum absolute atomic E-state index is 2.04. The maximum atomic E-state index is 10.3. The third-order valence-corrected chi connectivity index (χ3v) is 0.707. The van der Waals surface area contributed by atoms with Crippen LogP contribution in [0, 0.1) is 0 Å². The van der Waals surface area contributed by atoms with Gasteiger partial charge in [-0.25, -0.2) is 0 Å². The van der Waals surface area contributed by atoms with E-state index >= 15 is 0 Å². The van der Waals surface area contributed by atoms with Crippen molar-refractivity contribution in [3.63, 3.8) is 0 Å². The summed E-state index contributed by atoms with van der Waals surface area (Å²) in [5.74, 6) is 0. The molecule has 0 atom stereocenters. The predicted octanol–water partition coefficient (Wildman–Crippen LogP) is -0.476. The molecule has 0 amide bonds. The number of hydrogen-bond donors (Lipinski definition) is 0. The second kappa shape index (κ2) is 2.25. The molecule has 0 radical (unpaired) electrons. The van der Waals surface area contributed by atoms with Crippen molar-refractivity contribution in [2.24, 2.45) is 0 Å². The average molecular weight is 130 g/mol. The molecular formula is C2H6O4S. The Labute approximate surface area is 48.0 Å². The van der Waals surface area contributed by atoms with E-state index in [1.807, 2.05) is 0 Å². The number of hydrogen-bond acceptors (Lipinski definition) is 4. The van der Waals surface area contributed by atoms with Crippen LogP contribution in [0.1, 0.15) is 5.48 Å². The van der Waals surface area contributed by atoms with Gasteiger partial charge in [0.2, 0.25) is 0 Å². The van der Waals surface area contributed by atoms with E-state index in [0.29, 0.717) is 0 Å². The van der Waals surface area contributed by atoms with Crippen LogP contribution in [0.25, 0.3) is 0 Å². The molecule has 0 N–H and O–H groups in total. The topological polar surface area (TPSA) is 52.6 Å². The van der Waals surface area contributed by atoms with E-state index in [1.165, 1.54) is 0 Å². The molecule has 0 aliphatic heterocycles. The number of rotatable bonds is 2. The molecule has 0 aromatic rings. The zero-order chi connectivity index (χ0) is 9.07. The molecular weight excluding hydrogens is 120 g/mol. The van der Waals surface area contributed by atoms with Gasteiger partial charge in [0.05, 0.1) is 19.6 Å². The van der Waals surface area contributed by atoms with Crippen LogP contribution in [-0.4, -0.2) is 22.5 Å². The Hall–Kier alpha value is -0.130. The van der Waals surface area contributed by atoms with Gasteiger partial charge in [-0.05, 0) is 0 Å². The van der Waals surface area contributed by atoms with Gasteiger partial charge in [0.15, 0.2) is 0 Å². The summed E-state index contributed by atoms with van der Waals surface area (Å²) in [5.41, 5.74) is 0. The molecule has 5 heteroatoms. The van der Waals surface area contributed by atoms with Crippen molar-refractivity contribution >= 4 is 10.4 Å². The van der Waals surface area contributed by atoms with Crippen molar-refractivity contribution in [3.05, 3.63) is 0 Å². The monoisotopic (exact) mass is 130 g/mol. The highest BCUT2D eigenvalue weighted by Crippen LogP contribution is 1.85. The van der Waals surface area contributed by atoms with E-state index in [2.05, 4.69) is 8.37 Å². The molecule has 0 heterocycles. The lowest BCUT2D eigenvalue weighted by Gasteiger charge is -1.91. The summed E-state index contributed by atoms with van der Waals surface area (Å²) in [6, 6.07) is 0. The summed E-state index contributed by atoms with van der Waals surface area (Å²) in [4.78, 5) is 0. The second-order valence-electron chi connectivity index (χ2n) is 0.601. The maximum Gasteiger partial charge on any atom is 0.399 e. The lowest BCUT2D eigenvalue weighted by atomic mass is 11.8. The first-order valence-electron chi connectivity index (χ1n) is 3.45. The van der Waals surface area contributed by atoms with E-state index in [4.69, 9.17) is 5.48 Å². The fraction of sp³-hybridized carbons (Fsp3) is 1.00. The SMILES string of the molecule is [2H]C([2H])OS(=O)(=O)OC([2H])[2H]. The van der Waals surface area contributed by atoms with Crippen molar-refractivity contribution in [2.45, 2.75) is 0 Å². The fourth-order valence-corrected chi connectivity index (χ4v) is 0.0680. The summed E-state index contributed by atoms with van der Waals surface area (Å²) in [7, 11) is -8.62. The highest BCUT2D eigenvalue weighted by molar-refractivity contribution is 7.81. The summed E-state index contributed by atoms with van der Waals surface area (Å²) < 4.78 is 53.2. The van der Waals surface area contributed by atoms with Crippen LogP contribution in [0.15, 0.2) is 0 Å². The lowest BCUT2D eigenvalue weighted by molar-refractivity contribution is 0.286. The summed E-state index contributed by atoms with van der Waals surface area (Å²) in [6.07, 6.45) is 0. The molecule has 0 rings (SSSR count). The third-order valence-electron chi connectivity index (χ3n) is 0.236. The molecule has 0 saturated carbocycles. The Morgan fingerprint density at radius 3 is 2.14 bits per heavy atom. The van der Waals surface area contributed by atoms with Gasteiger partial charge in [-0.2, -0.15) is 8.42 Å². The van der Waals surface area contributed by atoms with Crippen LogP contribution >= 0.6 is 0 Å². The third kappa shape index (κ3) is 2.55. The Balaban J connectivity index is 4.03. The molecule has 0 unspecified atom stereocenters. The highest BCUT2D eigenvalue weighted by Gasteiger charge is 2.01. The van der Waals surface area contributed by atoms with Crippen LogP contribution in [0.2, 0.25) is 0 Å². The summed E-state index contributed by atoms with van der Waals surface area (Å²) >= 11 is 0. The Morgan fingerprint density at radius 2 is 1.86 bits per heavy atom. The van der Waals surface area contributed by atoms with Crippen LogP contribution < -0.4 is 0 Å². The summed E-state index contributed by atoms with van der Waals surface area (Å²) in [5, 5.41) is 0. The van der Waals surface area contributed by atoms with Crippen LogP contribution in [-0.2, 0) is 18.8 Å². The zero-order valence-electron chi connectivity index (χ0n) is 7.20. The van der Waals surface area contributed by atoms with E-state index in [0.717, 1.165) is 0 Å². The minimum atomic E-state index is -4.53. The largest absolute Gasteiger partial charge is 0.399 e. The van der Waals surface area contributed by atoms with Gasteiger partial charge in [-0.3, -0.25) is 8.37 Å². The minimum Gasteiger partial charge on any atom is -0.252 e. The molecule has 0 bridgehead atoms. The van der Waals surface area contributed by atoms with Crippen LogP contribution in [0.4, 0.5) is 0 Å². The van der Waals surface area contributed by atoms with E-state index < -0.39 is 24.5 Å². The first-order valence-corrected chi connectivity index (χ1v) is 2.47. The molecule has 0 aliphatic carbocycles. The molecule has 0 saturated heterocycles. The molecule has 0 aliphatic rings. The second-order valence-corrected chi connectivity index (χ2v) is 1.80. The first-order chi connectivity index (χ1) is 4.83. The van der Waals surface area contributed by atoms with Crippen molar-refractivity contribution < 1.29 is 22.3 Å². The average Bonchev–Trinajstić information content (AvgIpc) is 1.53.